The molecule has 0 N–H and O–H groups in total. The van der Waals surface area contributed by atoms with E-state index in [1.807, 2.05) is 44.7 Å². The van der Waals surface area contributed by atoms with Gasteiger partial charge >= 0.3 is 6.09 Å². The lowest BCUT2D eigenvalue weighted by molar-refractivity contribution is 0.000524. The summed E-state index contributed by atoms with van der Waals surface area (Å²) in [6.45, 7) is 12.8. The van der Waals surface area contributed by atoms with Crippen molar-refractivity contribution in [3.63, 3.8) is 0 Å². The van der Waals surface area contributed by atoms with Gasteiger partial charge in [0.25, 0.3) is 0 Å². The lowest BCUT2D eigenvalue weighted by atomic mass is 10.1. The summed E-state index contributed by atoms with van der Waals surface area (Å²) in [5.41, 5.74) is 1.67. The van der Waals surface area contributed by atoms with Crippen molar-refractivity contribution in [1.29, 1.82) is 0 Å². The van der Waals surface area contributed by atoms with Crippen LogP contribution in [0.3, 0.4) is 0 Å². The summed E-state index contributed by atoms with van der Waals surface area (Å²) < 4.78 is 5.48. The van der Waals surface area contributed by atoms with Gasteiger partial charge in [-0.25, -0.2) is 9.78 Å². The predicted molar refractivity (Wildman–Crippen MR) is 91.7 cm³/mol. The van der Waals surface area contributed by atoms with Crippen molar-refractivity contribution in [2.45, 2.75) is 52.8 Å². The molecule has 1 aliphatic heterocycles. The molecular weight excluding hydrogens is 314 g/mol. The van der Waals surface area contributed by atoms with Gasteiger partial charge in [-0.1, -0.05) is 17.7 Å². The van der Waals surface area contributed by atoms with E-state index in [4.69, 9.17) is 16.3 Å². The number of rotatable bonds is 2. The number of hydrogen-bond acceptors (Lipinski definition) is 4. The van der Waals surface area contributed by atoms with Crippen molar-refractivity contribution in [1.82, 2.24) is 14.8 Å². The van der Waals surface area contributed by atoms with E-state index < -0.39 is 5.60 Å². The second-order valence-corrected chi connectivity index (χ2v) is 7.52. The molecule has 0 radical (unpaired) electrons. The van der Waals surface area contributed by atoms with Crippen molar-refractivity contribution in [2.75, 3.05) is 19.6 Å². The molecule has 1 aromatic rings. The van der Waals surface area contributed by atoms with Gasteiger partial charge in [0.1, 0.15) is 10.8 Å². The maximum Gasteiger partial charge on any atom is 0.410 e. The predicted octanol–water partition coefficient (Wildman–Crippen LogP) is 3.48. The third-order valence-electron chi connectivity index (χ3n) is 3.89. The van der Waals surface area contributed by atoms with Crippen LogP contribution in [0.2, 0.25) is 5.15 Å². The summed E-state index contributed by atoms with van der Waals surface area (Å²) in [5, 5.41) is 0.523. The number of carbonyl (C=O) groups excluding carboxylic acids is 1. The molecule has 6 heteroatoms. The quantitative estimate of drug-likeness (QED) is 0.774. The third-order valence-corrected chi connectivity index (χ3v) is 4.11. The van der Waals surface area contributed by atoms with Crippen LogP contribution in [0.5, 0.6) is 0 Å². The van der Waals surface area contributed by atoms with E-state index in [2.05, 4.69) is 16.8 Å². The average molecular weight is 340 g/mol. The van der Waals surface area contributed by atoms with E-state index in [1.165, 1.54) is 5.56 Å². The Morgan fingerprint density at radius 2 is 2.09 bits per heavy atom. The number of nitrogens with zero attached hydrogens (tertiary/aromatic N) is 3. The fraction of sp³-hybridized carbons (Fsp3) is 0.647. The highest BCUT2D eigenvalue weighted by Gasteiger charge is 2.30. The second kappa shape index (κ2) is 7.05. The number of amides is 1. The van der Waals surface area contributed by atoms with Crippen molar-refractivity contribution in [2.24, 2.45) is 0 Å². The number of ether oxygens (including phenoxy) is 1. The zero-order valence-electron chi connectivity index (χ0n) is 14.6. The normalized spacial score (nSPS) is 19.7. The molecule has 1 amide bonds. The van der Waals surface area contributed by atoms with Crippen molar-refractivity contribution >= 4 is 17.7 Å². The molecule has 1 aromatic heterocycles. The standard InChI is InChI=1S/C17H26ClN3O2/c1-12-10-20(11-14-6-7-15(18)19-13(14)2)8-9-21(12)16(22)23-17(3,4)5/h6-7,12H,8-11H2,1-5H3/t12-/m1/s1. The van der Waals surface area contributed by atoms with E-state index in [9.17, 15) is 4.79 Å². The Labute approximate surface area is 143 Å². The Hall–Kier alpha value is -1.33. The minimum atomic E-state index is -0.458. The highest BCUT2D eigenvalue weighted by Crippen LogP contribution is 2.18. The number of aryl methyl sites for hydroxylation is 1. The van der Waals surface area contributed by atoms with Gasteiger partial charge in [-0.3, -0.25) is 4.90 Å². The molecule has 2 heterocycles. The summed E-state index contributed by atoms with van der Waals surface area (Å²) >= 11 is 5.91. The number of carbonyl (C=O) groups is 1. The highest BCUT2D eigenvalue weighted by molar-refractivity contribution is 6.29. The van der Waals surface area contributed by atoms with Crippen LogP contribution in [0.1, 0.15) is 39.0 Å². The largest absolute Gasteiger partial charge is 0.444 e. The van der Waals surface area contributed by atoms with Crippen molar-refractivity contribution in [3.05, 3.63) is 28.5 Å². The summed E-state index contributed by atoms with van der Waals surface area (Å²) in [4.78, 5) is 20.7. The van der Waals surface area contributed by atoms with Gasteiger partial charge in [0.15, 0.2) is 0 Å². The molecule has 5 nitrogen and oxygen atoms in total. The summed E-state index contributed by atoms with van der Waals surface area (Å²) in [5.74, 6) is 0. The van der Waals surface area contributed by atoms with Crippen LogP contribution in [-0.2, 0) is 11.3 Å². The average Bonchev–Trinajstić information content (AvgIpc) is 2.40. The molecule has 0 bridgehead atoms. The van der Waals surface area contributed by atoms with Crippen LogP contribution in [0, 0.1) is 6.92 Å². The van der Waals surface area contributed by atoms with E-state index >= 15 is 0 Å². The zero-order chi connectivity index (χ0) is 17.2. The molecule has 1 fully saturated rings. The zero-order valence-corrected chi connectivity index (χ0v) is 15.4. The first-order valence-electron chi connectivity index (χ1n) is 8.00. The molecule has 0 unspecified atom stereocenters. The Kier molecular flexibility index (Phi) is 5.53. The molecule has 2 rings (SSSR count). The summed E-state index contributed by atoms with van der Waals surface area (Å²) in [7, 11) is 0. The highest BCUT2D eigenvalue weighted by atomic mass is 35.5. The number of halogens is 1. The topological polar surface area (TPSA) is 45.7 Å². The number of hydrogen-bond donors (Lipinski definition) is 0. The van der Waals surface area contributed by atoms with E-state index in [0.717, 1.165) is 25.3 Å². The van der Waals surface area contributed by atoms with Gasteiger partial charge < -0.3 is 9.64 Å². The lowest BCUT2D eigenvalue weighted by Gasteiger charge is -2.40. The van der Waals surface area contributed by atoms with Crippen LogP contribution in [0.4, 0.5) is 4.79 Å². The summed E-state index contributed by atoms with van der Waals surface area (Å²) in [6, 6.07) is 3.97. The fourth-order valence-corrected chi connectivity index (χ4v) is 2.93. The van der Waals surface area contributed by atoms with E-state index in [-0.39, 0.29) is 12.1 Å². The first kappa shape index (κ1) is 18.0. The third kappa shape index (κ3) is 5.08. The van der Waals surface area contributed by atoms with Crippen LogP contribution in [-0.4, -0.2) is 52.2 Å². The number of aromatic nitrogens is 1. The van der Waals surface area contributed by atoms with Crippen molar-refractivity contribution in [3.8, 4) is 0 Å². The lowest BCUT2D eigenvalue weighted by Crippen LogP contribution is -2.54. The van der Waals surface area contributed by atoms with Crippen molar-refractivity contribution < 1.29 is 9.53 Å². The molecular formula is C17H26ClN3O2. The molecule has 1 aliphatic rings. The van der Waals surface area contributed by atoms with E-state index in [0.29, 0.717) is 11.7 Å². The number of piperazine rings is 1. The van der Waals surface area contributed by atoms with Crippen LogP contribution >= 0.6 is 11.6 Å². The molecule has 1 atom stereocenters. The minimum absolute atomic E-state index is 0.124. The maximum absolute atomic E-state index is 12.2. The first-order chi connectivity index (χ1) is 10.7. The van der Waals surface area contributed by atoms with E-state index in [1.54, 1.807) is 0 Å². The van der Waals surface area contributed by atoms with Gasteiger partial charge in [-0.05, 0) is 46.2 Å². The smallest absolute Gasteiger partial charge is 0.410 e. The Morgan fingerprint density at radius 1 is 1.39 bits per heavy atom. The Balaban J connectivity index is 1.94. The van der Waals surface area contributed by atoms with Crippen LogP contribution in [0.15, 0.2) is 12.1 Å². The molecule has 0 aromatic carbocycles. The fourth-order valence-electron chi connectivity index (χ4n) is 2.74. The molecule has 0 saturated carbocycles. The van der Waals surface area contributed by atoms with Crippen LogP contribution in [0.25, 0.3) is 0 Å². The van der Waals surface area contributed by atoms with Gasteiger partial charge in [0.05, 0.1) is 0 Å². The minimum Gasteiger partial charge on any atom is -0.444 e. The molecule has 0 aliphatic carbocycles. The molecule has 23 heavy (non-hydrogen) atoms. The first-order valence-corrected chi connectivity index (χ1v) is 8.37. The van der Waals surface area contributed by atoms with Crippen LogP contribution < -0.4 is 0 Å². The Morgan fingerprint density at radius 3 is 2.65 bits per heavy atom. The Bertz CT molecular complexity index is 571. The van der Waals surface area contributed by atoms with Gasteiger partial charge in [0.2, 0.25) is 0 Å². The number of pyridine rings is 1. The monoisotopic (exact) mass is 339 g/mol. The van der Waals surface area contributed by atoms with Gasteiger partial charge in [-0.2, -0.15) is 0 Å². The van der Waals surface area contributed by atoms with Gasteiger partial charge in [0, 0.05) is 37.9 Å². The summed E-state index contributed by atoms with van der Waals surface area (Å²) in [6.07, 6.45) is -0.228. The second-order valence-electron chi connectivity index (χ2n) is 7.14. The maximum atomic E-state index is 12.2. The van der Waals surface area contributed by atoms with Gasteiger partial charge in [-0.15, -0.1) is 0 Å². The molecule has 0 spiro atoms. The SMILES string of the molecule is Cc1nc(Cl)ccc1CN1CCN(C(=O)OC(C)(C)C)[C@H](C)C1. The molecule has 128 valence electrons. The molecule has 1 saturated heterocycles.